The molecular formula is C35H66. The van der Waals surface area contributed by atoms with Crippen molar-refractivity contribution in [3.63, 3.8) is 0 Å². The topological polar surface area (TPSA) is 0 Å². The van der Waals surface area contributed by atoms with E-state index in [1.54, 1.807) is 5.57 Å². The summed E-state index contributed by atoms with van der Waals surface area (Å²) in [6, 6.07) is 0. The fraction of sp³-hybridized carbons (Fsp3) is 0.886. The van der Waals surface area contributed by atoms with Crippen LogP contribution in [0.5, 0.6) is 0 Å². The summed E-state index contributed by atoms with van der Waals surface area (Å²) in [6.45, 7) is 19.0. The van der Waals surface area contributed by atoms with Crippen molar-refractivity contribution in [2.24, 2.45) is 35.5 Å². The normalized spacial score (nSPS) is 20.7. The first-order chi connectivity index (χ1) is 16.7. The van der Waals surface area contributed by atoms with Crippen LogP contribution >= 0.6 is 0 Å². The Labute approximate surface area is 223 Å². The van der Waals surface area contributed by atoms with Crippen LogP contribution in [0.4, 0.5) is 0 Å². The average molecular weight is 487 g/mol. The molecule has 0 aromatic heterocycles. The number of allylic oxidation sites excluding steroid dienone is 4. The molecule has 0 radical (unpaired) electrons. The zero-order chi connectivity index (χ0) is 26.1. The summed E-state index contributed by atoms with van der Waals surface area (Å²) < 4.78 is 0. The van der Waals surface area contributed by atoms with E-state index in [9.17, 15) is 0 Å². The lowest BCUT2D eigenvalue weighted by molar-refractivity contribution is 0.394. The van der Waals surface area contributed by atoms with E-state index in [-0.39, 0.29) is 0 Å². The minimum atomic E-state index is 0.867. The fourth-order valence-electron chi connectivity index (χ4n) is 5.84. The van der Waals surface area contributed by atoms with Gasteiger partial charge in [-0.05, 0) is 94.8 Å². The minimum absolute atomic E-state index is 0.867. The lowest BCUT2D eigenvalue weighted by Crippen LogP contribution is -1.99. The molecular weight excluding hydrogens is 420 g/mol. The number of hydrogen-bond donors (Lipinski definition) is 0. The maximum atomic E-state index is 2.54. The number of hydrogen-bond acceptors (Lipinski definition) is 0. The van der Waals surface area contributed by atoms with Crippen LogP contribution in [0.2, 0.25) is 0 Å². The highest BCUT2D eigenvalue weighted by atomic mass is 14.4. The van der Waals surface area contributed by atoms with Gasteiger partial charge in [0.05, 0.1) is 0 Å². The molecule has 1 aliphatic carbocycles. The van der Waals surface area contributed by atoms with Crippen molar-refractivity contribution >= 4 is 0 Å². The second kappa shape index (κ2) is 19.6. The van der Waals surface area contributed by atoms with E-state index >= 15 is 0 Å². The predicted molar refractivity (Wildman–Crippen MR) is 161 cm³/mol. The van der Waals surface area contributed by atoms with E-state index in [2.05, 4.69) is 67.5 Å². The van der Waals surface area contributed by atoms with Gasteiger partial charge in [-0.1, -0.05) is 129 Å². The van der Waals surface area contributed by atoms with Crippen LogP contribution in [0.1, 0.15) is 165 Å². The van der Waals surface area contributed by atoms with Gasteiger partial charge in [-0.15, -0.1) is 0 Å². The number of rotatable bonds is 22. The van der Waals surface area contributed by atoms with Gasteiger partial charge < -0.3 is 0 Å². The van der Waals surface area contributed by atoms with Gasteiger partial charge in [0.2, 0.25) is 0 Å². The molecule has 0 heterocycles. The van der Waals surface area contributed by atoms with E-state index in [0.29, 0.717) is 0 Å². The van der Waals surface area contributed by atoms with Crippen molar-refractivity contribution in [1.29, 1.82) is 0 Å². The maximum absolute atomic E-state index is 2.54. The SMILES string of the molecule is CC(C)=CC[C@@H]1CC1CCCC(C)CCCC(C)CCC/C=C(\C)CCCC(C)CCCC(C)C. The molecule has 0 saturated heterocycles. The lowest BCUT2D eigenvalue weighted by atomic mass is 9.92. The van der Waals surface area contributed by atoms with Crippen LogP contribution in [0, 0.1) is 35.5 Å². The highest BCUT2D eigenvalue weighted by Gasteiger charge is 2.34. The monoisotopic (exact) mass is 487 g/mol. The molecule has 0 spiro atoms. The summed E-state index contributed by atoms with van der Waals surface area (Å²) in [4.78, 5) is 0. The van der Waals surface area contributed by atoms with E-state index in [1.165, 1.54) is 115 Å². The van der Waals surface area contributed by atoms with E-state index in [0.717, 1.165) is 35.5 Å². The molecule has 0 N–H and O–H groups in total. The lowest BCUT2D eigenvalue weighted by Gasteiger charge is -2.14. The molecule has 0 aromatic carbocycles. The second-order valence-electron chi connectivity index (χ2n) is 13.6. The zero-order valence-corrected chi connectivity index (χ0v) is 25.6. The van der Waals surface area contributed by atoms with Crippen molar-refractivity contribution < 1.29 is 0 Å². The fourth-order valence-corrected chi connectivity index (χ4v) is 5.84. The molecule has 0 heteroatoms. The Hall–Kier alpha value is -0.520. The van der Waals surface area contributed by atoms with Gasteiger partial charge in [0.1, 0.15) is 0 Å². The standard InChI is InChI=1S/C35H66/c1-28(2)15-11-18-32(7)21-12-19-30(5)16-9-10-17-31(6)20-13-22-33(8)23-14-24-34-27-35(34)26-25-29(3)4/h16,25,28,31-35H,9-15,17-24,26-27H2,1-8H3/b30-16+/t31?,32?,33?,34?,35-/m1/s1. The summed E-state index contributed by atoms with van der Waals surface area (Å²) in [6.07, 6.45) is 29.0. The molecule has 0 nitrogen and oxygen atoms in total. The third kappa shape index (κ3) is 19.3. The first-order valence-electron chi connectivity index (χ1n) is 16.0. The van der Waals surface area contributed by atoms with Gasteiger partial charge in [-0.3, -0.25) is 0 Å². The van der Waals surface area contributed by atoms with Gasteiger partial charge in [0.25, 0.3) is 0 Å². The van der Waals surface area contributed by atoms with Crippen LogP contribution < -0.4 is 0 Å². The molecule has 0 bridgehead atoms. The predicted octanol–water partition coefficient (Wildman–Crippen LogP) is 12.3. The van der Waals surface area contributed by atoms with Crippen LogP contribution in [0.3, 0.4) is 0 Å². The Morgan fingerprint density at radius 2 is 1.17 bits per heavy atom. The maximum Gasteiger partial charge on any atom is -0.0317 e. The Bertz CT molecular complexity index is 561. The molecule has 5 atom stereocenters. The molecule has 1 rings (SSSR count). The summed E-state index contributed by atoms with van der Waals surface area (Å²) in [5.41, 5.74) is 3.13. The summed E-state index contributed by atoms with van der Waals surface area (Å²) in [7, 11) is 0. The highest BCUT2D eigenvalue weighted by Crippen LogP contribution is 2.45. The van der Waals surface area contributed by atoms with Gasteiger partial charge in [0, 0.05) is 0 Å². The Morgan fingerprint density at radius 3 is 1.77 bits per heavy atom. The molecule has 0 aromatic rings. The molecule has 1 aliphatic rings. The summed E-state index contributed by atoms with van der Waals surface area (Å²) >= 11 is 0. The Kier molecular flexibility index (Phi) is 18.2. The average Bonchev–Trinajstić information content (AvgIpc) is 3.53. The minimum Gasteiger partial charge on any atom is -0.0856 e. The van der Waals surface area contributed by atoms with Gasteiger partial charge >= 0.3 is 0 Å². The third-order valence-electron chi connectivity index (χ3n) is 8.70. The smallest absolute Gasteiger partial charge is 0.0317 e. The Morgan fingerprint density at radius 1 is 0.629 bits per heavy atom. The highest BCUT2D eigenvalue weighted by molar-refractivity contribution is 4.99. The van der Waals surface area contributed by atoms with Crippen molar-refractivity contribution in [3.05, 3.63) is 23.3 Å². The van der Waals surface area contributed by atoms with Crippen LogP contribution in [-0.4, -0.2) is 0 Å². The molecule has 0 aliphatic heterocycles. The van der Waals surface area contributed by atoms with E-state index in [4.69, 9.17) is 0 Å². The molecule has 206 valence electrons. The van der Waals surface area contributed by atoms with Crippen molar-refractivity contribution in [2.75, 3.05) is 0 Å². The molecule has 35 heavy (non-hydrogen) atoms. The Balaban J connectivity index is 1.96. The van der Waals surface area contributed by atoms with E-state index in [1.807, 2.05) is 0 Å². The molecule has 4 unspecified atom stereocenters. The van der Waals surface area contributed by atoms with Crippen molar-refractivity contribution in [2.45, 2.75) is 165 Å². The zero-order valence-electron chi connectivity index (χ0n) is 25.6. The first kappa shape index (κ1) is 32.5. The van der Waals surface area contributed by atoms with Gasteiger partial charge in [-0.2, -0.15) is 0 Å². The summed E-state index contributed by atoms with van der Waals surface area (Å²) in [5.74, 6) is 5.69. The second-order valence-corrected chi connectivity index (χ2v) is 13.6. The van der Waals surface area contributed by atoms with Crippen molar-refractivity contribution in [1.82, 2.24) is 0 Å². The van der Waals surface area contributed by atoms with Crippen molar-refractivity contribution in [3.8, 4) is 0 Å². The van der Waals surface area contributed by atoms with Crippen LogP contribution in [0.25, 0.3) is 0 Å². The van der Waals surface area contributed by atoms with E-state index < -0.39 is 0 Å². The molecule has 1 saturated carbocycles. The van der Waals surface area contributed by atoms with Crippen LogP contribution in [0.15, 0.2) is 23.3 Å². The quantitative estimate of drug-likeness (QED) is 0.105. The molecule has 1 fully saturated rings. The van der Waals surface area contributed by atoms with Gasteiger partial charge in [0.15, 0.2) is 0 Å². The summed E-state index contributed by atoms with van der Waals surface area (Å²) in [5, 5.41) is 0. The van der Waals surface area contributed by atoms with Crippen LogP contribution in [-0.2, 0) is 0 Å². The largest absolute Gasteiger partial charge is 0.0856 e. The number of unbranched alkanes of at least 4 members (excludes halogenated alkanes) is 1. The molecule has 0 amide bonds. The van der Waals surface area contributed by atoms with Gasteiger partial charge in [-0.25, -0.2) is 0 Å². The third-order valence-corrected chi connectivity index (χ3v) is 8.70. The first-order valence-corrected chi connectivity index (χ1v) is 16.0.